The van der Waals surface area contributed by atoms with Crippen molar-refractivity contribution in [1.29, 1.82) is 0 Å². The van der Waals surface area contributed by atoms with E-state index in [0.717, 1.165) is 18.8 Å². The van der Waals surface area contributed by atoms with Crippen molar-refractivity contribution in [2.45, 2.75) is 33.7 Å². The lowest BCUT2D eigenvalue weighted by Gasteiger charge is -2.12. The summed E-state index contributed by atoms with van der Waals surface area (Å²) in [5.74, 6) is 1.16. The Hall–Kier alpha value is -1.52. The Morgan fingerprint density at radius 2 is 2.25 bits per heavy atom. The van der Waals surface area contributed by atoms with Crippen LogP contribution in [0.2, 0.25) is 0 Å². The normalized spacial score (nSPS) is 12.5. The second-order valence-corrected chi connectivity index (χ2v) is 4.01. The molecule has 0 fully saturated rings. The lowest BCUT2D eigenvalue weighted by Crippen LogP contribution is -2.12. The summed E-state index contributed by atoms with van der Waals surface area (Å²) in [6.45, 7) is 6.87. The van der Waals surface area contributed by atoms with Crippen LogP contribution in [0.1, 0.15) is 36.6 Å². The van der Waals surface area contributed by atoms with Crippen molar-refractivity contribution < 1.29 is 9.53 Å². The van der Waals surface area contributed by atoms with Crippen molar-refractivity contribution in [1.82, 2.24) is 9.55 Å². The highest BCUT2D eigenvalue weighted by atomic mass is 16.5. The summed E-state index contributed by atoms with van der Waals surface area (Å²) in [5.41, 5.74) is 6.09. The lowest BCUT2D eigenvalue weighted by atomic mass is 10.1. The van der Waals surface area contributed by atoms with E-state index in [-0.39, 0.29) is 5.69 Å². The van der Waals surface area contributed by atoms with E-state index in [2.05, 4.69) is 23.6 Å². The molecule has 16 heavy (non-hydrogen) atoms. The first-order valence-electron chi connectivity index (χ1n) is 5.42. The van der Waals surface area contributed by atoms with Crippen LogP contribution in [0.15, 0.2) is 0 Å². The molecule has 1 heterocycles. The molecule has 0 bridgehead atoms. The molecule has 0 aliphatic heterocycles. The van der Waals surface area contributed by atoms with E-state index in [0.29, 0.717) is 11.7 Å². The van der Waals surface area contributed by atoms with Gasteiger partial charge in [0.05, 0.1) is 7.11 Å². The second-order valence-electron chi connectivity index (χ2n) is 4.01. The van der Waals surface area contributed by atoms with Crippen LogP contribution in [-0.4, -0.2) is 22.6 Å². The van der Waals surface area contributed by atoms with Gasteiger partial charge in [-0.2, -0.15) is 0 Å². The molecular weight excluding hydrogens is 206 g/mol. The largest absolute Gasteiger partial charge is 0.464 e. The highest BCUT2D eigenvalue weighted by Crippen LogP contribution is 2.18. The van der Waals surface area contributed by atoms with E-state index < -0.39 is 5.97 Å². The highest BCUT2D eigenvalue weighted by Gasteiger charge is 2.19. The summed E-state index contributed by atoms with van der Waals surface area (Å²) in [6.07, 6.45) is 1.06. The van der Waals surface area contributed by atoms with Crippen molar-refractivity contribution in [2.75, 3.05) is 12.8 Å². The first-order chi connectivity index (χ1) is 7.51. The first kappa shape index (κ1) is 12.5. The van der Waals surface area contributed by atoms with Crippen molar-refractivity contribution >= 4 is 11.8 Å². The zero-order chi connectivity index (χ0) is 12.3. The molecule has 5 heteroatoms. The number of ether oxygens (including phenoxy) is 1. The van der Waals surface area contributed by atoms with Crippen LogP contribution < -0.4 is 5.73 Å². The van der Waals surface area contributed by atoms with Crippen LogP contribution >= 0.6 is 0 Å². The fraction of sp³-hybridized carbons (Fsp3) is 0.636. The standard InChI is InChI=1S/C11H19N3O2/c1-5-7(2)6-14-8(3)13-9(10(14)12)11(15)16-4/h7H,5-6,12H2,1-4H3. The van der Waals surface area contributed by atoms with Crippen molar-refractivity contribution in [3.8, 4) is 0 Å². The number of carbonyl (C=O) groups excluding carboxylic acids is 1. The number of hydrogen-bond acceptors (Lipinski definition) is 4. The van der Waals surface area contributed by atoms with Gasteiger partial charge >= 0.3 is 5.97 Å². The van der Waals surface area contributed by atoms with Crippen LogP contribution in [0, 0.1) is 12.8 Å². The van der Waals surface area contributed by atoms with Crippen LogP contribution in [0.5, 0.6) is 0 Å². The molecule has 1 aromatic rings. The van der Waals surface area contributed by atoms with Crippen LogP contribution in [0.3, 0.4) is 0 Å². The number of aromatic nitrogens is 2. The molecule has 1 rings (SSSR count). The fourth-order valence-electron chi connectivity index (χ4n) is 1.50. The van der Waals surface area contributed by atoms with Crippen LogP contribution in [0.25, 0.3) is 0 Å². The molecule has 0 saturated heterocycles. The summed E-state index contributed by atoms with van der Waals surface area (Å²) in [6, 6.07) is 0. The highest BCUT2D eigenvalue weighted by molar-refractivity contribution is 5.92. The molecule has 1 unspecified atom stereocenters. The van der Waals surface area contributed by atoms with E-state index in [4.69, 9.17) is 5.73 Å². The van der Waals surface area contributed by atoms with E-state index in [1.165, 1.54) is 7.11 Å². The number of nitrogens with zero attached hydrogens (tertiary/aromatic N) is 2. The zero-order valence-corrected chi connectivity index (χ0v) is 10.3. The van der Waals surface area contributed by atoms with Gasteiger partial charge in [-0.3, -0.25) is 0 Å². The van der Waals surface area contributed by atoms with Gasteiger partial charge in [0.2, 0.25) is 0 Å². The van der Waals surface area contributed by atoms with Crippen molar-refractivity contribution in [3.63, 3.8) is 0 Å². The summed E-state index contributed by atoms with van der Waals surface area (Å²) in [5, 5.41) is 0. The number of nitrogen functional groups attached to an aromatic ring is 1. The second kappa shape index (κ2) is 5.01. The number of nitrogens with two attached hydrogens (primary N) is 1. The van der Waals surface area contributed by atoms with E-state index in [9.17, 15) is 4.79 Å². The van der Waals surface area contributed by atoms with E-state index >= 15 is 0 Å². The van der Waals surface area contributed by atoms with Gasteiger partial charge in [0.1, 0.15) is 11.6 Å². The number of methoxy groups -OCH3 is 1. The smallest absolute Gasteiger partial charge is 0.360 e. The lowest BCUT2D eigenvalue weighted by molar-refractivity contribution is 0.0595. The Morgan fingerprint density at radius 1 is 1.62 bits per heavy atom. The van der Waals surface area contributed by atoms with Crippen molar-refractivity contribution in [3.05, 3.63) is 11.5 Å². The van der Waals surface area contributed by atoms with E-state index in [1.54, 1.807) is 0 Å². The minimum absolute atomic E-state index is 0.211. The van der Waals surface area contributed by atoms with Gasteiger partial charge in [-0.05, 0) is 12.8 Å². The number of rotatable bonds is 4. The Morgan fingerprint density at radius 3 is 2.75 bits per heavy atom. The molecule has 0 aromatic carbocycles. The summed E-state index contributed by atoms with van der Waals surface area (Å²) >= 11 is 0. The maximum absolute atomic E-state index is 11.4. The molecule has 1 aromatic heterocycles. The van der Waals surface area contributed by atoms with Gasteiger partial charge in [-0.1, -0.05) is 20.3 Å². The Kier molecular flexibility index (Phi) is 3.93. The van der Waals surface area contributed by atoms with Gasteiger partial charge in [-0.25, -0.2) is 9.78 Å². The third-order valence-electron chi connectivity index (χ3n) is 2.77. The molecule has 0 saturated carbocycles. The number of aryl methyl sites for hydroxylation is 1. The SMILES string of the molecule is CCC(C)Cn1c(C)nc(C(=O)OC)c1N. The predicted octanol–water partition coefficient (Wildman–Crippen LogP) is 1.61. The Balaban J connectivity index is 3.02. The number of esters is 1. The summed E-state index contributed by atoms with van der Waals surface area (Å²) in [7, 11) is 1.32. The zero-order valence-electron chi connectivity index (χ0n) is 10.3. The van der Waals surface area contributed by atoms with Gasteiger partial charge in [-0.15, -0.1) is 0 Å². The van der Waals surface area contributed by atoms with Crippen LogP contribution in [0.4, 0.5) is 5.82 Å². The maximum Gasteiger partial charge on any atom is 0.360 e. The average molecular weight is 225 g/mol. The molecule has 0 amide bonds. The molecule has 5 nitrogen and oxygen atoms in total. The summed E-state index contributed by atoms with van der Waals surface area (Å²) < 4.78 is 6.48. The Labute approximate surface area is 95.6 Å². The molecule has 0 aliphatic carbocycles. The summed E-state index contributed by atoms with van der Waals surface area (Å²) in [4.78, 5) is 15.5. The van der Waals surface area contributed by atoms with Gasteiger partial charge in [0.25, 0.3) is 0 Å². The monoisotopic (exact) mass is 225 g/mol. The van der Waals surface area contributed by atoms with Gasteiger partial charge < -0.3 is 15.0 Å². The van der Waals surface area contributed by atoms with E-state index in [1.807, 2.05) is 11.5 Å². The third kappa shape index (κ3) is 2.35. The third-order valence-corrected chi connectivity index (χ3v) is 2.77. The fourth-order valence-corrected chi connectivity index (χ4v) is 1.50. The molecule has 2 N–H and O–H groups in total. The topological polar surface area (TPSA) is 70.1 Å². The molecule has 0 radical (unpaired) electrons. The minimum atomic E-state index is -0.483. The molecular formula is C11H19N3O2. The van der Waals surface area contributed by atoms with Gasteiger partial charge in [0.15, 0.2) is 5.69 Å². The Bertz CT molecular complexity index is 385. The minimum Gasteiger partial charge on any atom is -0.464 e. The number of anilines is 1. The molecule has 0 spiro atoms. The quantitative estimate of drug-likeness (QED) is 0.790. The molecule has 90 valence electrons. The predicted molar refractivity (Wildman–Crippen MR) is 62.2 cm³/mol. The first-order valence-corrected chi connectivity index (χ1v) is 5.42. The van der Waals surface area contributed by atoms with Gasteiger partial charge in [0, 0.05) is 6.54 Å². The molecule has 0 aliphatic rings. The van der Waals surface area contributed by atoms with Crippen molar-refractivity contribution in [2.24, 2.45) is 5.92 Å². The number of hydrogen-bond donors (Lipinski definition) is 1. The number of imidazole rings is 1. The number of carbonyl (C=O) groups is 1. The maximum atomic E-state index is 11.4. The van der Waals surface area contributed by atoms with Crippen LogP contribution in [-0.2, 0) is 11.3 Å². The average Bonchev–Trinajstić information content (AvgIpc) is 2.55. The molecule has 1 atom stereocenters.